The van der Waals surface area contributed by atoms with Crippen molar-refractivity contribution in [2.24, 2.45) is 5.92 Å². The molecule has 1 aliphatic carbocycles. The molecule has 0 saturated heterocycles. The molecule has 0 spiro atoms. The largest absolute Gasteiger partial charge is 0.467 e. The Labute approximate surface area is 119 Å². The van der Waals surface area contributed by atoms with Crippen LogP contribution in [0, 0.1) is 11.7 Å². The van der Waals surface area contributed by atoms with E-state index in [0.29, 0.717) is 24.4 Å². The van der Waals surface area contributed by atoms with Crippen molar-refractivity contribution in [3.63, 3.8) is 0 Å². The van der Waals surface area contributed by atoms with Gasteiger partial charge in [0.1, 0.15) is 11.4 Å². The van der Waals surface area contributed by atoms with Gasteiger partial charge in [-0.25, -0.2) is 9.18 Å². The van der Waals surface area contributed by atoms with Crippen molar-refractivity contribution in [1.82, 2.24) is 0 Å². The zero-order chi connectivity index (χ0) is 14.6. The molecule has 4 heteroatoms. The SMILES string of the molecule is COC(=O)C1(Nc2ccccc2F)CCCC(C)CC1. The Morgan fingerprint density at radius 1 is 1.35 bits per heavy atom. The van der Waals surface area contributed by atoms with Crippen LogP contribution >= 0.6 is 0 Å². The summed E-state index contributed by atoms with van der Waals surface area (Å²) in [4.78, 5) is 12.3. The number of anilines is 1. The number of esters is 1. The molecule has 20 heavy (non-hydrogen) atoms. The molecule has 0 aliphatic heterocycles. The number of ether oxygens (including phenoxy) is 1. The van der Waals surface area contributed by atoms with Gasteiger partial charge in [0.05, 0.1) is 12.8 Å². The first-order chi connectivity index (χ1) is 9.57. The standard InChI is InChI=1S/C16H22FNO2/c1-12-6-5-10-16(11-9-12,15(19)20-2)18-14-8-4-3-7-13(14)17/h3-4,7-8,12,18H,5-6,9-11H2,1-2H3. The van der Waals surface area contributed by atoms with Gasteiger partial charge in [-0.05, 0) is 37.3 Å². The molecule has 0 bridgehead atoms. The van der Waals surface area contributed by atoms with Crippen molar-refractivity contribution in [1.29, 1.82) is 0 Å². The maximum Gasteiger partial charge on any atom is 0.331 e. The smallest absolute Gasteiger partial charge is 0.331 e. The van der Waals surface area contributed by atoms with Crippen LogP contribution in [0.15, 0.2) is 24.3 Å². The second kappa shape index (κ2) is 6.25. The van der Waals surface area contributed by atoms with E-state index < -0.39 is 5.54 Å². The van der Waals surface area contributed by atoms with Gasteiger partial charge in [0.2, 0.25) is 0 Å². The van der Waals surface area contributed by atoms with Crippen LogP contribution in [0.3, 0.4) is 0 Å². The Bertz CT molecular complexity index is 477. The summed E-state index contributed by atoms with van der Waals surface area (Å²) in [6.45, 7) is 2.19. The van der Waals surface area contributed by atoms with E-state index in [0.717, 1.165) is 19.3 Å². The summed E-state index contributed by atoms with van der Waals surface area (Å²) in [5.74, 6) is -0.0492. The van der Waals surface area contributed by atoms with Gasteiger partial charge in [-0.3, -0.25) is 0 Å². The quantitative estimate of drug-likeness (QED) is 0.676. The number of hydrogen-bond acceptors (Lipinski definition) is 3. The lowest BCUT2D eigenvalue weighted by atomic mass is 9.89. The van der Waals surface area contributed by atoms with Crippen LogP contribution in [0.1, 0.15) is 39.0 Å². The van der Waals surface area contributed by atoms with Gasteiger partial charge in [0.25, 0.3) is 0 Å². The van der Waals surface area contributed by atoms with E-state index in [9.17, 15) is 9.18 Å². The van der Waals surface area contributed by atoms with Gasteiger partial charge in [-0.2, -0.15) is 0 Å². The minimum absolute atomic E-state index is 0.296. The summed E-state index contributed by atoms with van der Waals surface area (Å²) in [5, 5.41) is 3.12. The van der Waals surface area contributed by atoms with Crippen LogP contribution < -0.4 is 5.32 Å². The Balaban J connectivity index is 2.28. The molecule has 2 atom stereocenters. The van der Waals surface area contributed by atoms with E-state index in [4.69, 9.17) is 4.74 Å². The van der Waals surface area contributed by atoms with Crippen molar-refractivity contribution in [3.05, 3.63) is 30.1 Å². The van der Waals surface area contributed by atoms with Crippen LogP contribution in [-0.2, 0) is 9.53 Å². The van der Waals surface area contributed by atoms with E-state index in [1.165, 1.54) is 13.2 Å². The highest BCUT2D eigenvalue weighted by Crippen LogP contribution is 2.34. The minimum atomic E-state index is -0.804. The van der Waals surface area contributed by atoms with E-state index in [2.05, 4.69) is 12.2 Å². The molecule has 1 N–H and O–H groups in total. The lowest BCUT2D eigenvalue weighted by Crippen LogP contribution is -2.47. The molecule has 3 nitrogen and oxygen atoms in total. The van der Waals surface area contributed by atoms with Crippen molar-refractivity contribution in [2.75, 3.05) is 12.4 Å². The molecule has 1 aromatic carbocycles. The molecular weight excluding hydrogens is 257 g/mol. The Morgan fingerprint density at radius 3 is 2.80 bits per heavy atom. The number of hydrogen-bond donors (Lipinski definition) is 1. The number of carbonyl (C=O) groups is 1. The van der Waals surface area contributed by atoms with Gasteiger partial charge in [0, 0.05) is 0 Å². The summed E-state index contributed by atoms with van der Waals surface area (Å²) in [5.41, 5.74) is -0.436. The highest BCUT2D eigenvalue weighted by Gasteiger charge is 2.41. The third-order valence-corrected chi connectivity index (χ3v) is 4.19. The minimum Gasteiger partial charge on any atom is -0.467 e. The number of carbonyl (C=O) groups excluding carboxylic acids is 1. The summed E-state index contributed by atoms with van der Waals surface area (Å²) < 4.78 is 18.8. The maximum atomic E-state index is 13.8. The second-order valence-electron chi connectivity index (χ2n) is 5.71. The fraction of sp³-hybridized carbons (Fsp3) is 0.562. The third kappa shape index (κ3) is 3.11. The number of rotatable bonds is 3. The summed E-state index contributed by atoms with van der Waals surface area (Å²) in [6, 6.07) is 6.46. The average Bonchev–Trinajstić information content (AvgIpc) is 2.64. The zero-order valence-corrected chi connectivity index (χ0v) is 12.1. The Morgan fingerprint density at radius 2 is 2.10 bits per heavy atom. The molecule has 1 aliphatic rings. The summed E-state index contributed by atoms with van der Waals surface area (Å²) >= 11 is 0. The highest BCUT2D eigenvalue weighted by atomic mass is 19.1. The first-order valence-corrected chi connectivity index (χ1v) is 7.18. The fourth-order valence-electron chi connectivity index (χ4n) is 2.91. The molecule has 0 radical (unpaired) electrons. The molecule has 0 heterocycles. The molecule has 2 unspecified atom stereocenters. The molecule has 0 aromatic heterocycles. The van der Waals surface area contributed by atoms with Gasteiger partial charge < -0.3 is 10.1 Å². The van der Waals surface area contributed by atoms with Gasteiger partial charge in [-0.1, -0.05) is 31.9 Å². The third-order valence-electron chi connectivity index (χ3n) is 4.19. The number of para-hydroxylation sites is 1. The summed E-state index contributed by atoms with van der Waals surface area (Å²) in [7, 11) is 1.39. The van der Waals surface area contributed by atoms with Crippen molar-refractivity contribution in [2.45, 2.75) is 44.6 Å². The number of nitrogens with one attached hydrogen (secondary N) is 1. The molecule has 1 saturated carbocycles. The van der Waals surface area contributed by atoms with Crippen LogP contribution in [0.25, 0.3) is 0 Å². The second-order valence-corrected chi connectivity index (χ2v) is 5.71. The van der Waals surface area contributed by atoms with E-state index >= 15 is 0 Å². The Hall–Kier alpha value is -1.58. The predicted octanol–water partition coefficient (Wildman–Crippen LogP) is 3.75. The average molecular weight is 279 g/mol. The van der Waals surface area contributed by atoms with E-state index in [1.807, 2.05) is 0 Å². The van der Waals surface area contributed by atoms with Crippen molar-refractivity contribution >= 4 is 11.7 Å². The molecule has 1 fully saturated rings. The zero-order valence-electron chi connectivity index (χ0n) is 12.1. The lowest BCUT2D eigenvalue weighted by molar-refractivity contribution is -0.146. The first kappa shape index (κ1) is 14.8. The van der Waals surface area contributed by atoms with E-state index in [-0.39, 0.29) is 11.8 Å². The lowest BCUT2D eigenvalue weighted by Gasteiger charge is -2.32. The van der Waals surface area contributed by atoms with Gasteiger partial charge in [-0.15, -0.1) is 0 Å². The first-order valence-electron chi connectivity index (χ1n) is 7.18. The van der Waals surface area contributed by atoms with Crippen LogP contribution in [0.2, 0.25) is 0 Å². The summed E-state index contributed by atoms with van der Waals surface area (Å²) in [6.07, 6.45) is 4.33. The molecule has 2 rings (SSSR count). The fourth-order valence-corrected chi connectivity index (χ4v) is 2.91. The Kier molecular flexibility index (Phi) is 4.63. The van der Waals surface area contributed by atoms with Crippen LogP contribution in [-0.4, -0.2) is 18.6 Å². The highest BCUT2D eigenvalue weighted by molar-refractivity contribution is 5.84. The topological polar surface area (TPSA) is 38.3 Å². The number of halogens is 1. The predicted molar refractivity (Wildman–Crippen MR) is 77.0 cm³/mol. The van der Waals surface area contributed by atoms with E-state index in [1.54, 1.807) is 18.2 Å². The molecule has 1 aromatic rings. The van der Waals surface area contributed by atoms with Crippen molar-refractivity contribution in [3.8, 4) is 0 Å². The molecule has 0 amide bonds. The number of methoxy groups -OCH3 is 1. The van der Waals surface area contributed by atoms with Crippen LogP contribution in [0.5, 0.6) is 0 Å². The molecule has 110 valence electrons. The monoisotopic (exact) mass is 279 g/mol. The maximum absolute atomic E-state index is 13.8. The molecular formula is C16H22FNO2. The van der Waals surface area contributed by atoms with Crippen LogP contribution in [0.4, 0.5) is 10.1 Å². The van der Waals surface area contributed by atoms with Crippen molar-refractivity contribution < 1.29 is 13.9 Å². The normalized spacial score (nSPS) is 26.6. The van der Waals surface area contributed by atoms with Gasteiger partial charge >= 0.3 is 5.97 Å². The van der Waals surface area contributed by atoms with Gasteiger partial charge in [0.15, 0.2) is 0 Å². The number of benzene rings is 1.